The number of nitrogens with zero attached hydrogens (tertiary/aromatic N) is 2. The lowest BCUT2D eigenvalue weighted by Crippen LogP contribution is -2.32. The average Bonchev–Trinajstić information content (AvgIpc) is 2.44. The standard InChI is InChI=1S/C13H26N4/c1-8(2)17-12(11(14)9(3)16-17)15-10(4)13(5,6)7/h8,10,15H,14H2,1-7H3. The molecule has 1 aromatic heterocycles. The van der Waals surface area contributed by atoms with E-state index in [1.54, 1.807) is 0 Å². The van der Waals surface area contributed by atoms with Crippen LogP contribution in [0.4, 0.5) is 11.5 Å². The summed E-state index contributed by atoms with van der Waals surface area (Å²) in [7, 11) is 0. The van der Waals surface area contributed by atoms with Gasteiger partial charge < -0.3 is 11.1 Å². The van der Waals surface area contributed by atoms with E-state index in [0.29, 0.717) is 12.1 Å². The fraction of sp³-hybridized carbons (Fsp3) is 0.769. The predicted molar refractivity (Wildman–Crippen MR) is 74.3 cm³/mol. The fourth-order valence-corrected chi connectivity index (χ4v) is 1.50. The minimum atomic E-state index is 0.187. The first-order valence-electron chi connectivity index (χ1n) is 6.25. The quantitative estimate of drug-likeness (QED) is 0.850. The zero-order valence-corrected chi connectivity index (χ0v) is 12.1. The second-order valence-corrected chi connectivity index (χ2v) is 6.12. The Morgan fingerprint density at radius 1 is 1.24 bits per heavy atom. The molecule has 17 heavy (non-hydrogen) atoms. The third-order valence-corrected chi connectivity index (χ3v) is 3.27. The number of aryl methyl sites for hydroxylation is 1. The Kier molecular flexibility index (Phi) is 3.74. The SMILES string of the molecule is Cc1nn(C(C)C)c(NC(C)C(C)(C)C)c1N. The number of hydrogen-bond donors (Lipinski definition) is 2. The van der Waals surface area contributed by atoms with Crippen molar-refractivity contribution in [3.63, 3.8) is 0 Å². The van der Waals surface area contributed by atoms with Crippen LogP contribution < -0.4 is 11.1 Å². The molecule has 0 radical (unpaired) electrons. The lowest BCUT2D eigenvalue weighted by atomic mass is 9.88. The highest BCUT2D eigenvalue weighted by atomic mass is 15.4. The van der Waals surface area contributed by atoms with Crippen LogP contribution in [0.15, 0.2) is 0 Å². The smallest absolute Gasteiger partial charge is 0.148 e. The van der Waals surface area contributed by atoms with E-state index in [0.717, 1.165) is 17.2 Å². The zero-order chi connectivity index (χ0) is 13.4. The molecule has 0 saturated heterocycles. The van der Waals surface area contributed by atoms with Crippen molar-refractivity contribution in [1.29, 1.82) is 0 Å². The maximum atomic E-state index is 6.09. The van der Waals surface area contributed by atoms with Crippen LogP contribution >= 0.6 is 0 Å². The van der Waals surface area contributed by atoms with Crippen molar-refractivity contribution < 1.29 is 0 Å². The van der Waals surface area contributed by atoms with Gasteiger partial charge in [-0.1, -0.05) is 20.8 Å². The third-order valence-electron chi connectivity index (χ3n) is 3.27. The van der Waals surface area contributed by atoms with Crippen LogP contribution in [-0.2, 0) is 0 Å². The number of nitrogens with one attached hydrogen (secondary N) is 1. The topological polar surface area (TPSA) is 55.9 Å². The van der Waals surface area contributed by atoms with Crippen molar-refractivity contribution in [1.82, 2.24) is 9.78 Å². The minimum Gasteiger partial charge on any atom is -0.394 e. The van der Waals surface area contributed by atoms with Crippen LogP contribution in [0.3, 0.4) is 0 Å². The number of nitrogens with two attached hydrogens (primary N) is 1. The molecule has 0 aromatic carbocycles. The van der Waals surface area contributed by atoms with E-state index in [1.807, 2.05) is 11.6 Å². The fourth-order valence-electron chi connectivity index (χ4n) is 1.50. The average molecular weight is 238 g/mol. The molecule has 0 spiro atoms. The molecule has 4 heteroatoms. The molecule has 0 aliphatic carbocycles. The Morgan fingerprint density at radius 3 is 2.18 bits per heavy atom. The van der Waals surface area contributed by atoms with Gasteiger partial charge in [-0.3, -0.25) is 0 Å². The number of anilines is 2. The van der Waals surface area contributed by atoms with E-state index in [-0.39, 0.29) is 5.41 Å². The van der Waals surface area contributed by atoms with Crippen molar-refractivity contribution in [3.05, 3.63) is 5.69 Å². The van der Waals surface area contributed by atoms with Crippen LogP contribution in [0.5, 0.6) is 0 Å². The molecule has 0 fully saturated rings. The first-order chi connectivity index (χ1) is 7.64. The highest BCUT2D eigenvalue weighted by molar-refractivity contribution is 5.65. The first-order valence-corrected chi connectivity index (χ1v) is 6.25. The summed E-state index contributed by atoms with van der Waals surface area (Å²) in [5, 5.41) is 7.97. The Hall–Kier alpha value is -1.19. The summed E-state index contributed by atoms with van der Waals surface area (Å²) >= 11 is 0. The van der Waals surface area contributed by atoms with Gasteiger partial charge in [0.1, 0.15) is 5.82 Å². The number of rotatable bonds is 3. The Bertz CT molecular complexity index is 385. The van der Waals surface area contributed by atoms with Crippen molar-refractivity contribution in [2.75, 3.05) is 11.1 Å². The molecular weight excluding hydrogens is 212 g/mol. The molecule has 0 amide bonds. The van der Waals surface area contributed by atoms with Gasteiger partial charge in [0.15, 0.2) is 0 Å². The largest absolute Gasteiger partial charge is 0.394 e. The van der Waals surface area contributed by atoms with E-state index in [4.69, 9.17) is 5.73 Å². The molecule has 0 saturated carbocycles. The molecule has 3 N–H and O–H groups in total. The monoisotopic (exact) mass is 238 g/mol. The molecule has 4 nitrogen and oxygen atoms in total. The Balaban J connectivity index is 3.05. The van der Waals surface area contributed by atoms with Gasteiger partial charge in [0.25, 0.3) is 0 Å². The van der Waals surface area contributed by atoms with E-state index in [9.17, 15) is 0 Å². The van der Waals surface area contributed by atoms with E-state index in [1.165, 1.54) is 0 Å². The number of aromatic nitrogens is 2. The summed E-state index contributed by atoms with van der Waals surface area (Å²) in [5.41, 5.74) is 7.92. The van der Waals surface area contributed by atoms with E-state index < -0.39 is 0 Å². The molecule has 1 unspecified atom stereocenters. The van der Waals surface area contributed by atoms with E-state index in [2.05, 4.69) is 52.0 Å². The van der Waals surface area contributed by atoms with Crippen LogP contribution in [0, 0.1) is 12.3 Å². The molecule has 1 rings (SSSR count). The van der Waals surface area contributed by atoms with Crippen LogP contribution in [0.1, 0.15) is 53.3 Å². The van der Waals surface area contributed by atoms with Gasteiger partial charge >= 0.3 is 0 Å². The highest BCUT2D eigenvalue weighted by Gasteiger charge is 2.23. The van der Waals surface area contributed by atoms with Crippen molar-refractivity contribution in [2.45, 2.75) is 60.5 Å². The Labute approximate surface area is 105 Å². The lowest BCUT2D eigenvalue weighted by molar-refractivity contribution is 0.356. The first kappa shape index (κ1) is 13.9. The molecule has 0 bridgehead atoms. The van der Waals surface area contributed by atoms with Gasteiger partial charge in [-0.05, 0) is 33.1 Å². The molecule has 1 atom stereocenters. The maximum Gasteiger partial charge on any atom is 0.148 e. The van der Waals surface area contributed by atoms with Gasteiger partial charge in [-0.2, -0.15) is 5.10 Å². The molecule has 98 valence electrons. The number of hydrogen-bond acceptors (Lipinski definition) is 3. The molecule has 1 heterocycles. The summed E-state index contributed by atoms with van der Waals surface area (Å²) < 4.78 is 1.97. The summed E-state index contributed by atoms with van der Waals surface area (Å²) in [5.74, 6) is 0.944. The predicted octanol–water partition coefficient (Wildman–Crippen LogP) is 3.20. The molecular formula is C13H26N4. The summed E-state index contributed by atoms with van der Waals surface area (Å²) in [6.45, 7) is 15.0. The summed E-state index contributed by atoms with van der Waals surface area (Å²) in [4.78, 5) is 0. The molecule has 0 aliphatic rings. The minimum absolute atomic E-state index is 0.187. The zero-order valence-electron chi connectivity index (χ0n) is 12.1. The van der Waals surface area contributed by atoms with Crippen LogP contribution in [-0.4, -0.2) is 15.8 Å². The van der Waals surface area contributed by atoms with E-state index >= 15 is 0 Å². The van der Waals surface area contributed by atoms with Crippen LogP contribution in [0.2, 0.25) is 0 Å². The molecule has 1 aromatic rings. The van der Waals surface area contributed by atoms with Gasteiger partial charge in [-0.25, -0.2) is 4.68 Å². The maximum absolute atomic E-state index is 6.09. The van der Waals surface area contributed by atoms with Crippen molar-refractivity contribution >= 4 is 11.5 Å². The van der Waals surface area contributed by atoms with Crippen molar-refractivity contribution in [3.8, 4) is 0 Å². The Morgan fingerprint density at radius 2 is 1.76 bits per heavy atom. The van der Waals surface area contributed by atoms with Crippen LogP contribution in [0.25, 0.3) is 0 Å². The van der Waals surface area contributed by atoms with Gasteiger partial charge in [0.2, 0.25) is 0 Å². The van der Waals surface area contributed by atoms with Gasteiger partial charge in [-0.15, -0.1) is 0 Å². The third kappa shape index (κ3) is 2.93. The second kappa shape index (κ2) is 4.59. The summed E-state index contributed by atoms with van der Waals surface area (Å²) in [6.07, 6.45) is 0. The normalized spacial score (nSPS) is 14.1. The van der Waals surface area contributed by atoms with Gasteiger partial charge in [0.05, 0.1) is 11.4 Å². The van der Waals surface area contributed by atoms with Gasteiger partial charge in [0, 0.05) is 12.1 Å². The van der Waals surface area contributed by atoms with Crippen molar-refractivity contribution in [2.24, 2.45) is 5.41 Å². The lowest BCUT2D eigenvalue weighted by Gasteiger charge is -2.29. The summed E-state index contributed by atoms with van der Waals surface area (Å²) in [6, 6.07) is 0.638. The second-order valence-electron chi connectivity index (χ2n) is 6.12. The number of nitrogen functional groups attached to an aromatic ring is 1. The molecule has 0 aliphatic heterocycles. The highest BCUT2D eigenvalue weighted by Crippen LogP contribution is 2.29.